The average Bonchev–Trinajstić information content (AvgIpc) is 3.27. The molecule has 4 rings (SSSR count). The molecule has 0 spiro atoms. The highest BCUT2D eigenvalue weighted by Crippen LogP contribution is 2.28. The van der Waals surface area contributed by atoms with Crippen molar-refractivity contribution in [2.45, 2.75) is 11.3 Å². The lowest BCUT2D eigenvalue weighted by Crippen LogP contribution is -2.14. The summed E-state index contributed by atoms with van der Waals surface area (Å²) in [5, 5.41) is 9.44. The zero-order valence-electron chi connectivity index (χ0n) is 15.5. The van der Waals surface area contributed by atoms with E-state index in [1.54, 1.807) is 23.6 Å². The molecule has 0 aliphatic rings. The number of nitrogens with zero attached hydrogens (tertiary/aromatic N) is 2. The predicted molar refractivity (Wildman–Crippen MR) is 122 cm³/mol. The van der Waals surface area contributed by atoms with Crippen LogP contribution >= 0.6 is 34.3 Å². The number of anilines is 3. The Bertz CT molecular complexity index is 1330. The fraction of sp³-hybridized carbons (Fsp3) is 0.105. The maximum Gasteiger partial charge on any atom is 0.232 e. The molecule has 11 heteroatoms. The number of benzene rings is 2. The summed E-state index contributed by atoms with van der Waals surface area (Å²) in [7, 11) is -3.23. The molecule has 1 amide bonds. The fourth-order valence-electron chi connectivity index (χ4n) is 2.63. The molecule has 0 saturated heterocycles. The van der Waals surface area contributed by atoms with Crippen LogP contribution in [0.25, 0.3) is 10.2 Å². The summed E-state index contributed by atoms with van der Waals surface area (Å²) in [6.45, 7) is 0. The number of amides is 1. The number of carbonyl (C=O) groups excluding carboxylic acids is 1. The molecule has 0 aliphatic heterocycles. The normalized spacial score (nSPS) is 11.5. The van der Waals surface area contributed by atoms with Crippen molar-refractivity contribution in [2.75, 3.05) is 16.9 Å². The van der Waals surface area contributed by atoms with E-state index in [9.17, 15) is 13.2 Å². The molecule has 4 aromatic rings. The Morgan fingerprint density at radius 3 is 2.60 bits per heavy atom. The van der Waals surface area contributed by atoms with Crippen molar-refractivity contribution in [3.05, 3.63) is 58.6 Å². The highest BCUT2D eigenvalue weighted by molar-refractivity contribution is 7.90. The number of hydrogen-bond donors (Lipinski definition) is 2. The average molecular weight is 479 g/mol. The minimum absolute atomic E-state index is 0.113. The predicted octanol–water partition coefficient (Wildman–Crippen LogP) is 4.73. The van der Waals surface area contributed by atoms with Gasteiger partial charge in [0.15, 0.2) is 20.1 Å². The molecule has 0 saturated carbocycles. The molecular formula is C19H15ClN4O3S3. The smallest absolute Gasteiger partial charge is 0.232 e. The Kier molecular flexibility index (Phi) is 5.74. The van der Waals surface area contributed by atoms with Crippen LogP contribution in [-0.2, 0) is 21.1 Å². The summed E-state index contributed by atoms with van der Waals surface area (Å²) in [4.78, 5) is 21.4. The second-order valence-electron chi connectivity index (χ2n) is 6.42. The monoisotopic (exact) mass is 478 g/mol. The lowest BCUT2D eigenvalue weighted by Gasteiger charge is -2.04. The summed E-state index contributed by atoms with van der Waals surface area (Å²) in [6.07, 6.45) is 1.28. The van der Waals surface area contributed by atoms with Crippen LogP contribution in [0.15, 0.2) is 52.7 Å². The van der Waals surface area contributed by atoms with Gasteiger partial charge in [0.05, 0.1) is 27.2 Å². The molecule has 0 radical (unpaired) electrons. The van der Waals surface area contributed by atoms with E-state index in [4.69, 9.17) is 11.6 Å². The first kappa shape index (κ1) is 20.7. The first-order chi connectivity index (χ1) is 14.3. The first-order valence-electron chi connectivity index (χ1n) is 8.64. The maximum atomic E-state index is 12.3. The Morgan fingerprint density at radius 1 is 1.10 bits per heavy atom. The number of fused-ring (bicyclic) bond motifs is 1. The van der Waals surface area contributed by atoms with E-state index in [2.05, 4.69) is 20.6 Å². The highest BCUT2D eigenvalue weighted by Gasteiger charge is 2.12. The summed E-state index contributed by atoms with van der Waals surface area (Å²) < 4.78 is 24.0. The lowest BCUT2D eigenvalue weighted by molar-refractivity contribution is -0.115. The van der Waals surface area contributed by atoms with Crippen LogP contribution in [0.2, 0.25) is 5.02 Å². The highest BCUT2D eigenvalue weighted by atomic mass is 35.5. The SMILES string of the molecule is CS(=O)(=O)c1ccc(Nc2nc(CC(=O)Nc3nc4ccc(Cl)cc4s3)cs2)cc1. The summed E-state index contributed by atoms with van der Waals surface area (Å²) >= 11 is 8.70. The van der Waals surface area contributed by atoms with Gasteiger partial charge in [0.25, 0.3) is 0 Å². The quantitative estimate of drug-likeness (QED) is 0.415. The van der Waals surface area contributed by atoms with Gasteiger partial charge in [-0.15, -0.1) is 11.3 Å². The van der Waals surface area contributed by atoms with Crippen molar-refractivity contribution in [3.8, 4) is 0 Å². The van der Waals surface area contributed by atoms with Crippen molar-refractivity contribution in [1.29, 1.82) is 0 Å². The van der Waals surface area contributed by atoms with E-state index < -0.39 is 9.84 Å². The van der Waals surface area contributed by atoms with E-state index in [1.807, 2.05) is 12.1 Å². The molecule has 0 unspecified atom stereocenters. The van der Waals surface area contributed by atoms with Crippen LogP contribution in [0.3, 0.4) is 0 Å². The van der Waals surface area contributed by atoms with Gasteiger partial charge in [-0.05, 0) is 42.5 Å². The minimum atomic E-state index is -3.23. The number of halogens is 1. The topological polar surface area (TPSA) is 101 Å². The fourth-order valence-corrected chi connectivity index (χ4v) is 5.15. The van der Waals surface area contributed by atoms with Crippen LogP contribution in [0, 0.1) is 0 Å². The number of aromatic nitrogens is 2. The number of hydrogen-bond acceptors (Lipinski definition) is 8. The van der Waals surface area contributed by atoms with Crippen LogP contribution in [0.4, 0.5) is 16.0 Å². The Balaban J connectivity index is 1.38. The third kappa shape index (κ3) is 4.96. The molecule has 154 valence electrons. The molecule has 0 bridgehead atoms. The van der Waals surface area contributed by atoms with Gasteiger partial charge < -0.3 is 10.6 Å². The van der Waals surface area contributed by atoms with Crippen LogP contribution < -0.4 is 10.6 Å². The second-order valence-corrected chi connectivity index (χ2v) is 10.8. The van der Waals surface area contributed by atoms with Gasteiger partial charge in [0, 0.05) is 22.3 Å². The van der Waals surface area contributed by atoms with Crippen molar-refractivity contribution in [2.24, 2.45) is 0 Å². The van der Waals surface area contributed by atoms with E-state index in [0.717, 1.165) is 16.5 Å². The van der Waals surface area contributed by atoms with Crippen LogP contribution in [0.5, 0.6) is 0 Å². The number of carbonyl (C=O) groups is 1. The standard InChI is InChI=1S/C19H15ClN4O3S3/c1-30(26,27)14-5-3-12(4-6-14)21-18-22-13(10-28-18)9-17(25)24-19-23-15-7-2-11(20)8-16(15)29-19/h2-8,10H,9H2,1H3,(H,21,22)(H,23,24,25). The van der Waals surface area contributed by atoms with Gasteiger partial charge in [-0.2, -0.15) is 0 Å². The molecule has 2 heterocycles. The van der Waals surface area contributed by atoms with Gasteiger partial charge in [-0.3, -0.25) is 4.79 Å². The zero-order chi connectivity index (χ0) is 21.3. The van der Waals surface area contributed by atoms with Crippen molar-refractivity contribution >= 4 is 76.2 Å². The molecule has 2 N–H and O–H groups in total. The van der Waals surface area contributed by atoms with E-state index >= 15 is 0 Å². The summed E-state index contributed by atoms with van der Waals surface area (Å²) in [6, 6.07) is 11.8. The first-order valence-corrected chi connectivity index (χ1v) is 12.6. The molecule has 7 nitrogen and oxygen atoms in total. The second kappa shape index (κ2) is 8.31. The molecule has 0 aliphatic carbocycles. The van der Waals surface area contributed by atoms with Crippen molar-refractivity contribution < 1.29 is 13.2 Å². The molecule has 30 heavy (non-hydrogen) atoms. The number of thiazole rings is 2. The summed E-state index contributed by atoms with van der Waals surface area (Å²) in [5.41, 5.74) is 2.11. The van der Waals surface area contributed by atoms with Crippen LogP contribution in [0.1, 0.15) is 5.69 Å². The maximum absolute atomic E-state index is 12.3. The van der Waals surface area contributed by atoms with Gasteiger partial charge in [0.2, 0.25) is 5.91 Å². The Labute approximate surface area is 185 Å². The Hall–Kier alpha value is -2.53. The van der Waals surface area contributed by atoms with E-state index in [0.29, 0.717) is 26.7 Å². The van der Waals surface area contributed by atoms with E-state index in [-0.39, 0.29) is 17.2 Å². The molecule has 2 aromatic heterocycles. The number of rotatable bonds is 6. The van der Waals surface area contributed by atoms with Gasteiger partial charge in [0.1, 0.15) is 0 Å². The third-order valence-electron chi connectivity index (χ3n) is 4.02. The van der Waals surface area contributed by atoms with E-state index in [1.165, 1.54) is 34.8 Å². The van der Waals surface area contributed by atoms with Crippen molar-refractivity contribution in [1.82, 2.24) is 9.97 Å². The molecule has 0 atom stereocenters. The molecular weight excluding hydrogens is 464 g/mol. The van der Waals surface area contributed by atoms with Gasteiger partial charge >= 0.3 is 0 Å². The Morgan fingerprint density at radius 2 is 1.87 bits per heavy atom. The number of nitrogens with one attached hydrogen (secondary N) is 2. The van der Waals surface area contributed by atoms with Gasteiger partial charge in [-0.25, -0.2) is 18.4 Å². The summed E-state index contributed by atoms with van der Waals surface area (Å²) in [5.74, 6) is -0.213. The van der Waals surface area contributed by atoms with Crippen molar-refractivity contribution in [3.63, 3.8) is 0 Å². The third-order valence-corrected chi connectivity index (χ3v) is 7.13. The minimum Gasteiger partial charge on any atom is -0.332 e. The molecule has 2 aromatic carbocycles. The van der Waals surface area contributed by atoms with Crippen LogP contribution in [-0.4, -0.2) is 30.5 Å². The largest absolute Gasteiger partial charge is 0.332 e. The lowest BCUT2D eigenvalue weighted by atomic mass is 10.3. The van der Waals surface area contributed by atoms with Gasteiger partial charge in [-0.1, -0.05) is 22.9 Å². The molecule has 0 fully saturated rings. The zero-order valence-corrected chi connectivity index (χ0v) is 18.8. The number of sulfone groups is 1.